The summed E-state index contributed by atoms with van der Waals surface area (Å²) in [5.74, 6) is 0. The van der Waals surface area contributed by atoms with Crippen LogP contribution in [0.25, 0.3) is 0 Å². The predicted octanol–water partition coefficient (Wildman–Crippen LogP) is 1.62. The molecule has 2 saturated heterocycles. The van der Waals surface area contributed by atoms with Gasteiger partial charge in [0.1, 0.15) is 0 Å². The summed E-state index contributed by atoms with van der Waals surface area (Å²) in [6, 6.07) is 0.764. The number of likely N-dealkylation sites (N-methyl/N-ethyl adjacent to an activating group) is 1. The van der Waals surface area contributed by atoms with E-state index in [9.17, 15) is 4.79 Å². The van der Waals surface area contributed by atoms with Crippen LogP contribution >= 0.6 is 0 Å². The molecule has 4 heteroatoms. The third kappa shape index (κ3) is 2.92. The van der Waals surface area contributed by atoms with Crippen LogP contribution in [0.1, 0.15) is 32.6 Å². The second kappa shape index (κ2) is 5.71. The van der Waals surface area contributed by atoms with Crippen molar-refractivity contribution in [2.45, 2.75) is 38.6 Å². The number of urea groups is 1. The summed E-state index contributed by atoms with van der Waals surface area (Å²) in [6.45, 7) is 6.96. The van der Waals surface area contributed by atoms with Crippen LogP contribution in [-0.2, 0) is 0 Å². The summed E-state index contributed by atoms with van der Waals surface area (Å²) in [4.78, 5) is 18.9. The number of piperidine rings is 1. The average molecular weight is 239 g/mol. The van der Waals surface area contributed by atoms with Gasteiger partial charge in [0, 0.05) is 38.8 Å². The zero-order chi connectivity index (χ0) is 12.3. The molecule has 2 rings (SSSR count). The Morgan fingerprint density at radius 2 is 1.82 bits per heavy atom. The molecule has 4 nitrogen and oxygen atoms in total. The molecule has 0 aromatic heterocycles. The van der Waals surface area contributed by atoms with Gasteiger partial charge in [-0.05, 0) is 32.7 Å². The summed E-state index contributed by atoms with van der Waals surface area (Å²) >= 11 is 0. The van der Waals surface area contributed by atoms with E-state index in [2.05, 4.69) is 23.8 Å². The first kappa shape index (κ1) is 12.7. The molecule has 0 spiro atoms. The lowest BCUT2D eigenvalue weighted by Gasteiger charge is -2.41. The Morgan fingerprint density at radius 3 is 2.47 bits per heavy atom. The van der Waals surface area contributed by atoms with Crippen molar-refractivity contribution >= 4 is 6.03 Å². The fraction of sp³-hybridized carbons (Fsp3) is 0.923. The smallest absolute Gasteiger partial charge is 0.320 e. The molecule has 0 aliphatic carbocycles. The molecule has 2 heterocycles. The van der Waals surface area contributed by atoms with Crippen LogP contribution in [-0.4, -0.2) is 66.5 Å². The van der Waals surface area contributed by atoms with E-state index in [1.54, 1.807) is 0 Å². The Labute approximate surface area is 105 Å². The van der Waals surface area contributed by atoms with Gasteiger partial charge in [-0.15, -0.1) is 0 Å². The lowest BCUT2D eigenvalue weighted by Crippen LogP contribution is -2.55. The van der Waals surface area contributed by atoms with Gasteiger partial charge in [-0.2, -0.15) is 0 Å². The van der Waals surface area contributed by atoms with Gasteiger partial charge in [-0.25, -0.2) is 4.79 Å². The van der Waals surface area contributed by atoms with Gasteiger partial charge in [0.25, 0.3) is 0 Å². The lowest BCUT2D eigenvalue weighted by molar-refractivity contribution is 0.0940. The van der Waals surface area contributed by atoms with Gasteiger partial charge in [0.2, 0.25) is 0 Å². The Kier molecular flexibility index (Phi) is 4.26. The molecular weight excluding hydrogens is 214 g/mol. The largest absolute Gasteiger partial charge is 0.322 e. The zero-order valence-electron chi connectivity index (χ0n) is 11.2. The molecule has 0 bridgehead atoms. The molecule has 0 N–H and O–H groups in total. The molecule has 1 atom stereocenters. The van der Waals surface area contributed by atoms with Crippen LogP contribution in [0.2, 0.25) is 0 Å². The van der Waals surface area contributed by atoms with E-state index in [-0.39, 0.29) is 6.03 Å². The second-order valence-corrected chi connectivity index (χ2v) is 5.32. The highest BCUT2D eigenvalue weighted by atomic mass is 16.2. The SMILES string of the molecule is CCC1CCCCN1C(=O)N1CCN(C)CC1. The number of likely N-dealkylation sites (tertiary alicyclic amines) is 1. The van der Waals surface area contributed by atoms with E-state index in [1.807, 2.05) is 4.90 Å². The maximum atomic E-state index is 12.5. The van der Waals surface area contributed by atoms with Gasteiger partial charge in [0.15, 0.2) is 0 Å². The van der Waals surface area contributed by atoms with Crippen LogP contribution in [0.15, 0.2) is 0 Å². The van der Waals surface area contributed by atoms with Gasteiger partial charge in [0.05, 0.1) is 0 Å². The lowest BCUT2D eigenvalue weighted by atomic mass is 10.0. The second-order valence-electron chi connectivity index (χ2n) is 5.32. The quantitative estimate of drug-likeness (QED) is 0.695. The third-order valence-electron chi connectivity index (χ3n) is 4.12. The van der Waals surface area contributed by atoms with E-state index in [1.165, 1.54) is 19.3 Å². The van der Waals surface area contributed by atoms with Crippen molar-refractivity contribution in [3.8, 4) is 0 Å². The monoisotopic (exact) mass is 239 g/mol. The van der Waals surface area contributed by atoms with Crippen molar-refractivity contribution in [1.82, 2.24) is 14.7 Å². The van der Waals surface area contributed by atoms with Crippen molar-refractivity contribution < 1.29 is 4.79 Å². The van der Waals surface area contributed by atoms with Gasteiger partial charge in [-0.3, -0.25) is 0 Å². The predicted molar refractivity (Wildman–Crippen MR) is 69.1 cm³/mol. The van der Waals surface area contributed by atoms with Gasteiger partial charge < -0.3 is 14.7 Å². The molecule has 98 valence electrons. The van der Waals surface area contributed by atoms with Crippen LogP contribution in [0.5, 0.6) is 0 Å². The molecule has 2 amide bonds. The van der Waals surface area contributed by atoms with E-state index in [0.717, 1.165) is 39.1 Å². The highest BCUT2D eigenvalue weighted by Gasteiger charge is 2.29. The Hall–Kier alpha value is -0.770. The number of carbonyl (C=O) groups excluding carboxylic acids is 1. The van der Waals surface area contributed by atoms with Crippen LogP contribution < -0.4 is 0 Å². The van der Waals surface area contributed by atoms with Crippen molar-refractivity contribution in [2.75, 3.05) is 39.8 Å². The fourth-order valence-corrected chi connectivity index (χ4v) is 2.86. The molecule has 2 fully saturated rings. The van der Waals surface area contributed by atoms with Crippen LogP contribution in [0.3, 0.4) is 0 Å². The minimum absolute atomic E-state index is 0.282. The maximum Gasteiger partial charge on any atom is 0.320 e. The van der Waals surface area contributed by atoms with Crippen LogP contribution in [0, 0.1) is 0 Å². The van der Waals surface area contributed by atoms with Crippen molar-refractivity contribution in [1.29, 1.82) is 0 Å². The number of nitrogens with zero attached hydrogens (tertiary/aromatic N) is 3. The number of carbonyl (C=O) groups is 1. The molecule has 1 unspecified atom stereocenters. The number of amides is 2. The molecule has 0 aromatic rings. The number of hydrogen-bond acceptors (Lipinski definition) is 2. The highest BCUT2D eigenvalue weighted by Crippen LogP contribution is 2.21. The fourth-order valence-electron chi connectivity index (χ4n) is 2.86. The van der Waals surface area contributed by atoms with Gasteiger partial charge in [-0.1, -0.05) is 6.92 Å². The first-order chi connectivity index (χ1) is 8.22. The maximum absolute atomic E-state index is 12.5. The third-order valence-corrected chi connectivity index (χ3v) is 4.12. The van der Waals surface area contributed by atoms with Crippen molar-refractivity contribution in [3.05, 3.63) is 0 Å². The van der Waals surface area contributed by atoms with E-state index in [4.69, 9.17) is 0 Å². The standard InChI is InChI=1S/C13H25N3O/c1-3-12-6-4-5-7-16(12)13(17)15-10-8-14(2)9-11-15/h12H,3-11H2,1-2H3. The number of piperazine rings is 1. The summed E-state index contributed by atoms with van der Waals surface area (Å²) in [5.41, 5.74) is 0. The molecular formula is C13H25N3O. The van der Waals surface area contributed by atoms with E-state index >= 15 is 0 Å². The number of rotatable bonds is 1. The molecule has 0 aromatic carbocycles. The normalized spacial score (nSPS) is 27.3. The molecule has 17 heavy (non-hydrogen) atoms. The summed E-state index contributed by atoms with van der Waals surface area (Å²) in [6.07, 6.45) is 4.75. The molecule has 0 saturated carbocycles. The van der Waals surface area contributed by atoms with Crippen molar-refractivity contribution in [3.63, 3.8) is 0 Å². The van der Waals surface area contributed by atoms with Crippen LogP contribution in [0.4, 0.5) is 4.79 Å². The van der Waals surface area contributed by atoms with E-state index in [0.29, 0.717) is 6.04 Å². The average Bonchev–Trinajstić information content (AvgIpc) is 2.39. The van der Waals surface area contributed by atoms with Gasteiger partial charge >= 0.3 is 6.03 Å². The molecule has 2 aliphatic heterocycles. The van der Waals surface area contributed by atoms with E-state index < -0.39 is 0 Å². The first-order valence-electron chi connectivity index (χ1n) is 6.96. The summed E-state index contributed by atoms with van der Waals surface area (Å²) in [5, 5.41) is 0. The Morgan fingerprint density at radius 1 is 1.12 bits per heavy atom. The topological polar surface area (TPSA) is 26.8 Å². The summed E-state index contributed by atoms with van der Waals surface area (Å²) < 4.78 is 0. The first-order valence-corrected chi connectivity index (χ1v) is 6.96. The highest BCUT2D eigenvalue weighted by molar-refractivity contribution is 5.75. The minimum atomic E-state index is 0.282. The van der Waals surface area contributed by atoms with Crippen molar-refractivity contribution in [2.24, 2.45) is 0 Å². The molecule has 0 radical (unpaired) electrons. The minimum Gasteiger partial charge on any atom is -0.322 e. The number of hydrogen-bond donors (Lipinski definition) is 0. The zero-order valence-corrected chi connectivity index (χ0v) is 11.2. The molecule has 2 aliphatic rings. The Balaban J connectivity index is 1.93. The Bertz CT molecular complexity index is 261. The summed E-state index contributed by atoms with van der Waals surface area (Å²) in [7, 11) is 2.12.